The van der Waals surface area contributed by atoms with E-state index in [9.17, 15) is 19.7 Å². The molecule has 0 aliphatic carbocycles. The van der Waals surface area contributed by atoms with Crippen LogP contribution in [0.5, 0.6) is 0 Å². The fourth-order valence-electron chi connectivity index (χ4n) is 1.30. The lowest BCUT2D eigenvalue weighted by atomic mass is 10.1. The predicted molar refractivity (Wildman–Crippen MR) is 63.2 cm³/mol. The molecule has 2 N–H and O–H groups in total. The largest absolute Gasteiger partial charge is 0.478 e. The molecular formula is C11H10N2O5. The van der Waals surface area contributed by atoms with E-state index in [-0.39, 0.29) is 11.3 Å². The molecular weight excluding hydrogens is 240 g/mol. The summed E-state index contributed by atoms with van der Waals surface area (Å²) in [6.07, 6.45) is 2.13. The van der Waals surface area contributed by atoms with Gasteiger partial charge < -0.3 is 10.4 Å². The van der Waals surface area contributed by atoms with Crippen LogP contribution in [0.4, 0.5) is 5.69 Å². The Morgan fingerprint density at radius 3 is 2.61 bits per heavy atom. The van der Waals surface area contributed by atoms with Crippen LogP contribution in [-0.2, 0) is 4.79 Å². The predicted octanol–water partition coefficient (Wildman–Crippen LogP) is 1.05. The smallest absolute Gasteiger partial charge is 0.328 e. The number of nitrogens with one attached hydrogen (secondary N) is 1. The highest BCUT2D eigenvalue weighted by atomic mass is 16.6. The van der Waals surface area contributed by atoms with Crippen LogP contribution in [0.15, 0.2) is 24.3 Å². The number of rotatable bonds is 4. The van der Waals surface area contributed by atoms with Gasteiger partial charge in [0.2, 0.25) is 0 Å². The Morgan fingerprint density at radius 2 is 2.11 bits per heavy atom. The molecule has 0 heterocycles. The zero-order valence-electron chi connectivity index (χ0n) is 9.41. The van der Waals surface area contributed by atoms with Crippen molar-refractivity contribution in [2.24, 2.45) is 0 Å². The van der Waals surface area contributed by atoms with Crippen molar-refractivity contribution < 1.29 is 19.6 Å². The highest BCUT2D eigenvalue weighted by molar-refractivity contribution is 5.98. The van der Waals surface area contributed by atoms with E-state index in [4.69, 9.17) is 5.11 Å². The van der Waals surface area contributed by atoms with Gasteiger partial charge in [0.15, 0.2) is 0 Å². The zero-order valence-corrected chi connectivity index (χ0v) is 9.41. The van der Waals surface area contributed by atoms with Gasteiger partial charge in [0.1, 0.15) is 5.56 Å². The van der Waals surface area contributed by atoms with Gasteiger partial charge in [0.05, 0.1) is 4.92 Å². The van der Waals surface area contributed by atoms with Gasteiger partial charge in [0, 0.05) is 19.2 Å². The van der Waals surface area contributed by atoms with Gasteiger partial charge in [-0.2, -0.15) is 0 Å². The first-order chi connectivity index (χ1) is 8.45. The summed E-state index contributed by atoms with van der Waals surface area (Å²) in [7, 11) is 1.35. The molecule has 0 aliphatic heterocycles. The summed E-state index contributed by atoms with van der Waals surface area (Å²) in [5.74, 6) is -1.75. The average molecular weight is 250 g/mol. The molecule has 7 heteroatoms. The first-order valence-corrected chi connectivity index (χ1v) is 4.87. The fraction of sp³-hybridized carbons (Fsp3) is 0.0909. The number of carboxylic acid groups (broad SMARTS) is 1. The summed E-state index contributed by atoms with van der Waals surface area (Å²) < 4.78 is 0. The molecule has 0 aromatic heterocycles. The topological polar surface area (TPSA) is 110 Å². The molecule has 0 atom stereocenters. The number of carboxylic acids is 1. The molecule has 0 saturated heterocycles. The molecule has 0 fully saturated rings. The fourth-order valence-corrected chi connectivity index (χ4v) is 1.30. The van der Waals surface area contributed by atoms with Crippen LogP contribution in [0.3, 0.4) is 0 Å². The number of hydrogen-bond donors (Lipinski definition) is 2. The van der Waals surface area contributed by atoms with Gasteiger partial charge in [-0.25, -0.2) is 4.79 Å². The van der Waals surface area contributed by atoms with E-state index in [1.165, 1.54) is 25.3 Å². The Balaban J connectivity index is 3.25. The number of amides is 1. The summed E-state index contributed by atoms with van der Waals surface area (Å²) in [6, 6.07) is 3.78. The Kier molecular flexibility index (Phi) is 4.14. The van der Waals surface area contributed by atoms with Crippen molar-refractivity contribution >= 4 is 23.6 Å². The summed E-state index contributed by atoms with van der Waals surface area (Å²) in [5, 5.41) is 21.5. The molecule has 1 aromatic rings. The van der Waals surface area contributed by atoms with E-state index in [1.807, 2.05) is 0 Å². The van der Waals surface area contributed by atoms with Crippen molar-refractivity contribution in [3.63, 3.8) is 0 Å². The van der Waals surface area contributed by atoms with E-state index in [1.54, 1.807) is 0 Å². The van der Waals surface area contributed by atoms with Gasteiger partial charge in [-0.05, 0) is 23.8 Å². The molecule has 94 valence electrons. The van der Waals surface area contributed by atoms with Crippen LogP contribution in [0.1, 0.15) is 15.9 Å². The molecule has 0 saturated carbocycles. The number of nitrogens with zero attached hydrogens (tertiary/aromatic N) is 1. The Hall–Kier alpha value is -2.70. The lowest BCUT2D eigenvalue weighted by Crippen LogP contribution is -2.19. The molecule has 0 aliphatic rings. The summed E-state index contributed by atoms with van der Waals surface area (Å²) in [4.78, 5) is 31.9. The maximum atomic E-state index is 11.5. The van der Waals surface area contributed by atoms with E-state index in [0.717, 1.165) is 12.1 Å². The quantitative estimate of drug-likeness (QED) is 0.471. The number of aliphatic carboxylic acids is 1. The van der Waals surface area contributed by atoms with Gasteiger partial charge in [0.25, 0.3) is 11.6 Å². The van der Waals surface area contributed by atoms with Gasteiger partial charge >= 0.3 is 5.97 Å². The highest BCUT2D eigenvalue weighted by Gasteiger charge is 2.19. The van der Waals surface area contributed by atoms with E-state index in [0.29, 0.717) is 5.56 Å². The molecule has 1 amide bonds. The van der Waals surface area contributed by atoms with Crippen LogP contribution in [0.25, 0.3) is 6.08 Å². The monoisotopic (exact) mass is 250 g/mol. The number of nitro benzene ring substituents is 1. The molecule has 0 spiro atoms. The second-order valence-electron chi connectivity index (χ2n) is 3.28. The third-order valence-electron chi connectivity index (χ3n) is 2.11. The molecule has 1 rings (SSSR count). The van der Waals surface area contributed by atoms with Crippen LogP contribution in [0, 0.1) is 10.1 Å². The van der Waals surface area contributed by atoms with Gasteiger partial charge in [-0.1, -0.05) is 0 Å². The van der Waals surface area contributed by atoms with Crippen LogP contribution in [0.2, 0.25) is 0 Å². The minimum absolute atomic E-state index is 0.116. The second kappa shape index (κ2) is 5.58. The highest BCUT2D eigenvalue weighted by Crippen LogP contribution is 2.20. The minimum atomic E-state index is -1.14. The van der Waals surface area contributed by atoms with Crippen LogP contribution >= 0.6 is 0 Å². The van der Waals surface area contributed by atoms with Crippen molar-refractivity contribution in [2.45, 2.75) is 0 Å². The average Bonchev–Trinajstić information content (AvgIpc) is 2.34. The van der Waals surface area contributed by atoms with Gasteiger partial charge in [-0.3, -0.25) is 14.9 Å². The molecule has 0 bridgehead atoms. The first kappa shape index (κ1) is 13.4. The second-order valence-corrected chi connectivity index (χ2v) is 3.28. The SMILES string of the molecule is CNC(=O)c1cc(/C=C/C(=O)O)ccc1[N+](=O)[O-]. The first-order valence-electron chi connectivity index (χ1n) is 4.87. The van der Waals surface area contributed by atoms with E-state index >= 15 is 0 Å². The van der Waals surface area contributed by atoms with Crippen molar-refractivity contribution in [3.05, 3.63) is 45.5 Å². The van der Waals surface area contributed by atoms with E-state index in [2.05, 4.69) is 5.32 Å². The summed E-state index contributed by atoms with van der Waals surface area (Å²) in [5.41, 5.74) is -0.0570. The number of carbonyl (C=O) groups is 2. The normalized spacial score (nSPS) is 10.3. The third kappa shape index (κ3) is 3.14. The lowest BCUT2D eigenvalue weighted by Gasteiger charge is -2.02. The number of carbonyl (C=O) groups excluding carboxylic acids is 1. The Bertz CT molecular complexity index is 536. The molecule has 0 radical (unpaired) electrons. The third-order valence-corrected chi connectivity index (χ3v) is 2.11. The zero-order chi connectivity index (χ0) is 13.7. The number of hydrogen-bond acceptors (Lipinski definition) is 4. The number of benzene rings is 1. The maximum Gasteiger partial charge on any atom is 0.328 e. The Labute approximate surface area is 102 Å². The molecule has 7 nitrogen and oxygen atoms in total. The van der Waals surface area contributed by atoms with Crippen molar-refractivity contribution in [3.8, 4) is 0 Å². The maximum absolute atomic E-state index is 11.5. The lowest BCUT2D eigenvalue weighted by molar-refractivity contribution is -0.385. The van der Waals surface area contributed by atoms with Crippen LogP contribution < -0.4 is 5.32 Å². The standard InChI is InChI=1S/C11H10N2O5/c1-12-11(16)8-6-7(3-5-10(14)15)2-4-9(8)13(17)18/h2-6H,1H3,(H,12,16)(H,14,15)/b5-3+. The van der Waals surface area contributed by atoms with Gasteiger partial charge in [-0.15, -0.1) is 0 Å². The van der Waals surface area contributed by atoms with E-state index < -0.39 is 16.8 Å². The van der Waals surface area contributed by atoms with Crippen molar-refractivity contribution in [1.82, 2.24) is 5.32 Å². The minimum Gasteiger partial charge on any atom is -0.478 e. The summed E-state index contributed by atoms with van der Waals surface area (Å²) in [6.45, 7) is 0. The molecule has 18 heavy (non-hydrogen) atoms. The molecule has 1 aromatic carbocycles. The van der Waals surface area contributed by atoms with Crippen LogP contribution in [-0.4, -0.2) is 29.0 Å². The van der Waals surface area contributed by atoms with Crippen molar-refractivity contribution in [1.29, 1.82) is 0 Å². The Morgan fingerprint density at radius 1 is 1.44 bits per heavy atom. The van der Waals surface area contributed by atoms with Crippen molar-refractivity contribution in [2.75, 3.05) is 7.05 Å². The summed E-state index contributed by atoms with van der Waals surface area (Å²) >= 11 is 0. The molecule has 0 unspecified atom stereocenters. The number of nitro groups is 1.